The van der Waals surface area contributed by atoms with Gasteiger partial charge in [0.1, 0.15) is 6.07 Å². The van der Waals surface area contributed by atoms with Crippen LogP contribution in [0.4, 0.5) is 0 Å². The second-order valence-corrected chi connectivity index (χ2v) is 33.9. The van der Waals surface area contributed by atoms with E-state index in [0.29, 0.717) is 5.56 Å². The predicted octanol–water partition coefficient (Wildman–Crippen LogP) is 30.1. The van der Waals surface area contributed by atoms with Gasteiger partial charge < -0.3 is 29.9 Å². The molecule has 693 valence electrons. The van der Waals surface area contributed by atoms with E-state index in [-0.39, 0.29) is 100 Å². The van der Waals surface area contributed by atoms with Crippen molar-refractivity contribution in [1.82, 2.24) is 29.5 Å². The number of pyridine rings is 3. The molecule has 0 amide bonds. The summed E-state index contributed by atoms with van der Waals surface area (Å²) in [6, 6.07) is 130. The van der Waals surface area contributed by atoms with E-state index in [1.54, 1.807) is 6.20 Å². The zero-order valence-corrected chi connectivity index (χ0v) is 86.3. The molecular weight excluding hydrogens is 2220 g/mol. The van der Waals surface area contributed by atoms with Crippen molar-refractivity contribution in [3.63, 3.8) is 0 Å². The Balaban J connectivity index is 0.000000196. The first kappa shape index (κ1) is 106. The molecule has 0 saturated carbocycles. The summed E-state index contributed by atoms with van der Waals surface area (Å²) in [4.78, 5) is 53.9. The van der Waals surface area contributed by atoms with Gasteiger partial charge in [-0.2, -0.15) is 5.26 Å². The number of rotatable bonds is 15. The van der Waals surface area contributed by atoms with Crippen LogP contribution in [0.3, 0.4) is 0 Å². The molecule has 5 heterocycles. The number of fused-ring (bicyclic) bond motifs is 4. The molecule has 13 nitrogen and oxygen atoms in total. The van der Waals surface area contributed by atoms with Crippen molar-refractivity contribution in [3.8, 4) is 124 Å². The number of nitrogens with zero attached hydrogens (tertiary/aromatic N) is 7. The van der Waals surface area contributed by atoms with Crippen molar-refractivity contribution in [1.29, 1.82) is 5.26 Å². The first-order valence-electron chi connectivity index (χ1n) is 44.3. The van der Waals surface area contributed by atoms with Gasteiger partial charge in [-0.05, 0) is 198 Å². The summed E-state index contributed by atoms with van der Waals surface area (Å²) < 4.78 is 2.35. The molecule has 18 aromatic rings. The number of aryl methyl sites for hydroxylation is 5. The molecular formula is C121H108Ir3N7O6-3. The Morgan fingerprint density at radius 2 is 0.825 bits per heavy atom. The second-order valence-electron chi connectivity index (χ2n) is 33.9. The van der Waals surface area contributed by atoms with Crippen LogP contribution in [0.15, 0.2) is 388 Å². The second kappa shape index (κ2) is 51.3. The number of allylic oxidation sites excluding steroid dienone is 6. The molecule has 0 saturated heterocycles. The maximum Gasteiger partial charge on any atom is 0.160 e. The van der Waals surface area contributed by atoms with Gasteiger partial charge in [0.25, 0.3) is 0 Å². The summed E-state index contributed by atoms with van der Waals surface area (Å²) in [7, 11) is 0. The molecule has 0 spiro atoms. The number of carbonyl (C=O) groups excluding carboxylic acids is 3. The van der Waals surface area contributed by atoms with Gasteiger partial charge in [0.2, 0.25) is 0 Å². The molecule has 0 unspecified atom stereocenters. The van der Waals surface area contributed by atoms with E-state index in [2.05, 4.69) is 336 Å². The number of ketones is 3. The number of para-hydroxylation sites is 3. The molecule has 18 rings (SSSR count). The monoisotopic (exact) mass is 2330 g/mol. The fourth-order valence-corrected chi connectivity index (χ4v) is 15.7. The van der Waals surface area contributed by atoms with Gasteiger partial charge in [0.15, 0.2) is 23.2 Å². The van der Waals surface area contributed by atoms with Crippen LogP contribution in [0.25, 0.3) is 151 Å². The summed E-state index contributed by atoms with van der Waals surface area (Å²) >= 11 is 0. The Morgan fingerprint density at radius 3 is 1.35 bits per heavy atom. The van der Waals surface area contributed by atoms with E-state index in [0.717, 1.165) is 108 Å². The summed E-state index contributed by atoms with van der Waals surface area (Å²) in [5.41, 5.74) is 33.2. The summed E-state index contributed by atoms with van der Waals surface area (Å²) in [6.45, 7) is 25.9. The predicted molar refractivity (Wildman–Crippen MR) is 550 cm³/mol. The molecule has 3 radical (unpaired) electrons. The average molecular weight is 2330 g/mol. The molecule has 0 aliphatic carbocycles. The van der Waals surface area contributed by atoms with Gasteiger partial charge >= 0.3 is 0 Å². The van der Waals surface area contributed by atoms with E-state index in [9.17, 15) is 14.4 Å². The van der Waals surface area contributed by atoms with Crippen molar-refractivity contribution >= 4 is 50.1 Å². The van der Waals surface area contributed by atoms with Crippen LogP contribution in [0.1, 0.15) is 101 Å². The number of hydrogen-bond donors (Lipinski definition) is 3. The van der Waals surface area contributed by atoms with Crippen LogP contribution in [0, 0.1) is 69.6 Å². The van der Waals surface area contributed by atoms with E-state index >= 15 is 0 Å². The molecule has 0 bridgehead atoms. The average Bonchev–Trinajstić information content (AvgIpc) is 1.59. The molecule has 0 atom stereocenters. The van der Waals surface area contributed by atoms with Crippen molar-refractivity contribution in [2.45, 2.75) is 103 Å². The van der Waals surface area contributed by atoms with Gasteiger partial charge in [-0.25, -0.2) is 9.97 Å². The van der Waals surface area contributed by atoms with Gasteiger partial charge in [-0.3, -0.25) is 19.4 Å². The van der Waals surface area contributed by atoms with Gasteiger partial charge in [-0.1, -0.05) is 286 Å². The number of carbonyl (C=O) groups is 3. The van der Waals surface area contributed by atoms with Crippen LogP contribution in [0.2, 0.25) is 0 Å². The molecule has 16 heteroatoms. The zero-order valence-electron chi connectivity index (χ0n) is 79.1. The Kier molecular flexibility index (Phi) is 39.8. The third-order valence-corrected chi connectivity index (χ3v) is 21.5. The minimum Gasteiger partial charge on any atom is -0.512 e. The summed E-state index contributed by atoms with van der Waals surface area (Å²) in [5, 5.41) is 37.7. The molecule has 0 aliphatic heterocycles. The largest absolute Gasteiger partial charge is 0.512 e. The standard InChI is InChI=1S/C40H27N3.C27H26N.C20H18N.C19H13N2.3C5H8O2.3Ir/c1-3-12-29(13-4-1)36-27-37(42-40(41-36)30-14-5-2-6-15-30)32-17-11-16-31(26-32)28-22-24-33(25-23-28)43-38-20-9-7-18-34(38)35-19-8-10-21-39(35)43;1-19-16-21-12-8-9-13-25(21)28-26(19)22-14-15-23(18-27(2,3)4)24(17-22)20-10-6-5-7-11-20;1-14-7-4-8-15(2)19(14)17-10-5-11-18(13-17)20-16(3)9-6-12-21-20;1-14-10-15(12-20)13-21-19(14)18-9-5-8-17(11-18)16-6-3-2-4-7-16;3*1-4(6)3-5(2)7;;;/h1-27H;5-13,15-17H,18H2,1-4H3;4-10,12-13H,1-3H3;2-8,10-11,13H,1H3;3*3,6H,1-2H3;;;/q;3*-1;;;;;;. The van der Waals surface area contributed by atoms with E-state index in [1.807, 2.05) is 104 Å². The normalized spacial score (nSPS) is 10.9. The number of aromatic nitrogens is 6. The summed E-state index contributed by atoms with van der Waals surface area (Å²) in [6.07, 6.45) is 7.95. The number of aliphatic hydroxyl groups is 3. The number of aliphatic hydroxyl groups excluding tert-OH is 3. The Hall–Kier alpha value is -14.5. The molecule has 5 aromatic heterocycles. The van der Waals surface area contributed by atoms with Crippen LogP contribution in [-0.2, 0) is 81.1 Å². The maximum absolute atomic E-state index is 10.0. The topological polar surface area (TPSA) is 205 Å². The third kappa shape index (κ3) is 30.0. The molecule has 137 heavy (non-hydrogen) atoms. The van der Waals surface area contributed by atoms with Crippen molar-refractivity contribution in [3.05, 3.63) is 445 Å². The van der Waals surface area contributed by atoms with Crippen LogP contribution < -0.4 is 0 Å². The van der Waals surface area contributed by atoms with Crippen molar-refractivity contribution < 1.29 is 90.0 Å². The molecule has 13 aromatic carbocycles. The Bertz CT molecular complexity index is 7100. The third-order valence-electron chi connectivity index (χ3n) is 21.5. The van der Waals surface area contributed by atoms with Crippen molar-refractivity contribution in [2.24, 2.45) is 5.41 Å². The number of nitriles is 1. The van der Waals surface area contributed by atoms with E-state index in [1.165, 1.54) is 143 Å². The van der Waals surface area contributed by atoms with Crippen LogP contribution in [0.5, 0.6) is 0 Å². The molecule has 0 aliphatic rings. The summed E-state index contributed by atoms with van der Waals surface area (Å²) in [5.74, 6) is 0.533. The minimum absolute atomic E-state index is 0. The van der Waals surface area contributed by atoms with E-state index < -0.39 is 0 Å². The Labute approximate surface area is 845 Å². The van der Waals surface area contributed by atoms with E-state index in [4.69, 9.17) is 35.5 Å². The van der Waals surface area contributed by atoms with Crippen molar-refractivity contribution in [2.75, 3.05) is 0 Å². The SMILES string of the molecule is CC(=O)C=C(C)O.CC(=O)C=C(C)O.CC(=O)C=C(C)O.Cc1cc(C#N)cnc1-c1[c-]ccc(-c2ccccc2)c1.Cc1cc2ccccc2nc1-c1[c-]cc(CC(C)(C)C)c(-c2ccccc2)c1.Cc1cccnc1-c1[c-]ccc(-c2c(C)cccc2C)c1.[Ir].[Ir].[Ir].c1ccc(-c2cc(-c3cccc(-c4ccc(-n5c6ccccc6c6ccccc65)cc4)c3)nc(-c3ccccc3)n2)cc1. The quantitative estimate of drug-likeness (QED) is 0.0498. The first-order chi connectivity index (χ1) is 64.5. The maximum atomic E-state index is 10.0. The minimum atomic E-state index is -0.125. The molecule has 0 fully saturated rings. The van der Waals surface area contributed by atoms with Crippen LogP contribution in [-0.4, -0.2) is 62.2 Å². The van der Waals surface area contributed by atoms with Gasteiger partial charge in [-0.15, -0.1) is 100 Å². The fourth-order valence-electron chi connectivity index (χ4n) is 15.7. The van der Waals surface area contributed by atoms with Crippen LogP contribution >= 0.6 is 0 Å². The smallest absolute Gasteiger partial charge is 0.160 e. The number of benzene rings is 13. The molecule has 3 N–H and O–H groups in total. The van der Waals surface area contributed by atoms with Gasteiger partial charge in [0.05, 0.1) is 50.8 Å². The fraction of sp³-hybridized carbons (Fsp3) is 0.132. The zero-order chi connectivity index (χ0) is 95.4. The Morgan fingerprint density at radius 1 is 0.387 bits per heavy atom. The first-order valence-corrected chi connectivity index (χ1v) is 44.3. The van der Waals surface area contributed by atoms with Gasteiger partial charge in [0, 0.05) is 124 Å². The number of hydrogen-bond acceptors (Lipinski definition) is 12.